The molecule has 1 atom stereocenters. The molecule has 3 rings (SSSR count). The van der Waals surface area contributed by atoms with Gasteiger partial charge in [-0.1, -0.05) is 26.0 Å². The molecular formula is C16H24N4. The molecule has 2 heterocycles. The van der Waals surface area contributed by atoms with Crippen LogP contribution in [0.4, 0.5) is 0 Å². The minimum atomic E-state index is 0.377. The summed E-state index contributed by atoms with van der Waals surface area (Å²) in [6.45, 7) is 9.02. The average Bonchev–Trinajstić information content (AvgIpc) is 2.66. The van der Waals surface area contributed by atoms with Gasteiger partial charge in [-0.15, -0.1) is 0 Å². The number of rotatable bonds is 3. The fraction of sp³-hybridized carbons (Fsp3) is 0.562. The summed E-state index contributed by atoms with van der Waals surface area (Å²) in [5.74, 6) is 1.66. The Kier molecular flexibility index (Phi) is 4.03. The molecule has 1 aliphatic rings. The van der Waals surface area contributed by atoms with Gasteiger partial charge in [0.05, 0.1) is 17.1 Å². The summed E-state index contributed by atoms with van der Waals surface area (Å²) < 4.78 is 0. The fourth-order valence-electron chi connectivity index (χ4n) is 3.17. The van der Waals surface area contributed by atoms with Crippen LogP contribution in [-0.4, -0.2) is 41.0 Å². The van der Waals surface area contributed by atoms with Gasteiger partial charge in [-0.2, -0.15) is 0 Å². The van der Waals surface area contributed by atoms with Crippen LogP contribution in [0.3, 0.4) is 0 Å². The van der Waals surface area contributed by atoms with Crippen molar-refractivity contribution in [1.82, 2.24) is 20.2 Å². The highest BCUT2D eigenvalue weighted by molar-refractivity contribution is 5.74. The van der Waals surface area contributed by atoms with E-state index in [4.69, 9.17) is 4.98 Å². The third-order valence-electron chi connectivity index (χ3n) is 4.09. The number of benzene rings is 1. The Morgan fingerprint density at radius 2 is 2.00 bits per heavy atom. The van der Waals surface area contributed by atoms with Crippen molar-refractivity contribution in [3.8, 4) is 0 Å². The summed E-state index contributed by atoms with van der Waals surface area (Å²) in [4.78, 5) is 10.9. The molecule has 1 saturated heterocycles. The van der Waals surface area contributed by atoms with Crippen LogP contribution in [0, 0.1) is 5.92 Å². The molecule has 108 valence electrons. The zero-order chi connectivity index (χ0) is 13.9. The van der Waals surface area contributed by atoms with Crippen LogP contribution >= 0.6 is 0 Å². The Labute approximate surface area is 120 Å². The van der Waals surface area contributed by atoms with Crippen molar-refractivity contribution in [3.63, 3.8) is 0 Å². The maximum Gasteiger partial charge on any atom is 0.124 e. The summed E-state index contributed by atoms with van der Waals surface area (Å²) in [7, 11) is 0. The van der Waals surface area contributed by atoms with E-state index in [2.05, 4.69) is 47.2 Å². The van der Waals surface area contributed by atoms with Crippen molar-refractivity contribution in [2.45, 2.75) is 26.3 Å². The van der Waals surface area contributed by atoms with Crippen molar-refractivity contribution in [3.05, 3.63) is 30.1 Å². The number of imidazole rings is 1. The molecule has 1 unspecified atom stereocenters. The van der Waals surface area contributed by atoms with Crippen LogP contribution in [0.5, 0.6) is 0 Å². The lowest BCUT2D eigenvalue weighted by atomic mass is 10.0. The molecule has 20 heavy (non-hydrogen) atoms. The Hall–Kier alpha value is -1.39. The van der Waals surface area contributed by atoms with Crippen molar-refractivity contribution in [2.75, 3.05) is 26.2 Å². The van der Waals surface area contributed by atoms with Crippen LogP contribution < -0.4 is 5.32 Å². The molecule has 0 saturated carbocycles. The van der Waals surface area contributed by atoms with E-state index in [1.165, 1.54) is 6.42 Å². The van der Waals surface area contributed by atoms with Crippen LogP contribution in [0.15, 0.2) is 24.3 Å². The summed E-state index contributed by atoms with van der Waals surface area (Å²) in [6.07, 6.45) is 1.21. The lowest BCUT2D eigenvalue weighted by Crippen LogP contribution is -2.35. The lowest BCUT2D eigenvalue weighted by molar-refractivity contribution is 0.159. The van der Waals surface area contributed by atoms with E-state index in [1.807, 2.05) is 6.07 Å². The molecule has 1 aliphatic heterocycles. The normalized spacial score (nSPS) is 19.4. The second-order valence-corrected chi connectivity index (χ2v) is 5.97. The molecular weight excluding hydrogens is 248 g/mol. The maximum atomic E-state index is 4.82. The second-order valence-electron chi connectivity index (χ2n) is 5.97. The molecule has 1 fully saturated rings. The average molecular weight is 272 g/mol. The van der Waals surface area contributed by atoms with Crippen LogP contribution in [0.2, 0.25) is 0 Å². The lowest BCUT2D eigenvalue weighted by Gasteiger charge is -2.31. The highest BCUT2D eigenvalue weighted by Crippen LogP contribution is 2.28. The third kappa shape index (κ3) is 2.72. The van der Waals surface area contributed by atoms with Crippen molar-refractivity contribution in [1.29, 1.82) is 0 Å². The summed E-state index contributed by atoms with van der Waals surface area (Å²) >= 11 is 0. The summed E-state index contributed by atoms with van der Waals surface area (Å²) in [5, 5.41) is 3.48. The molecule has 2 N–H and O–H groups in total. The number of aromatic nitrogens is 2. The van der Waals surface area contributed by atoms with Crippen LogP contribution in [0.1, 0.15) is 32.1 Å². The van der Waals surface area contributed by atoms with Gasteiger partial charge in [-0.3, -0.25) is 4.90 Å². The molecule has 0 bridgehead atoms. The highest BCUT2D eigenvalue weighted by atomic mass is 15.2. The smallest absolute Gasteiger partial charge is 0.124 e. The zero-order valence-corrected chi connectivity index (χ0v) is 12.4. The van der Waals surface area contributed by atoms with Gasteiger partial charge in [0, 0.05) is 19.6 Å². The third-order valence-corrected chi connectivity index (χ3v) is 4.09. The molecule has 2 aromatic rings. The zero-order valence-electron chi connectivity index (χ0n) is 12.4. The first-order chi connectivity index (χ1) is 9.75. The minimum absolute atomic E-state index is 0.377. The molecule has 0 amide bonds. The first kappa shape index (κ1) is 13.6. The largest absolute Gasteiger partial charge is 0.341 e. The summed E-state index contributed by atoms with van der Waals surface area (Å²) in [6, 6.07) is 8.67. The van der Waals surface area contributed by atoms with Gasteiger partial charge >= 0.3 is 0 Å². The Morgan fingerprint density at radius 1 is 1.15 bits per heavy atom. The van der Waals surface area contributed by atoms with Gasteiger partial charge in [-0.05, 0) is 31.0 Å². The van der Waals surface area contributed by atoms with E-state index >= 15 is 0 Å². The Balaban J connectivity index is 1.92. The standard InChI is InChI=1S/C16H24N4/c1-12(2)15(20-10-5-8-17-9-11-20)16-18-13-6-3-4-7-14(13)19-16/h3-4,6-7,12,15,17H,5,8-11H2,1-2H3,(H,18,19). The predicted molar refractivity (Wildman–Crippen MR) is 82.7 cm³/mol. The molecule has 0 aliphatic carbocycles. The molecule has 1 aromatic carbocycles. The number of nitrogens with one attached hydrogen (secondary N) is 2. The summed E-state index contributed by atoms with van der Waals surface area (Å²) in [5.41, 5.74) is 2.21. The van der Waals surface area contributed by atoms with Gasteiger partial charge in [0.15, 0.2) is 0 Å². The van der Waals surface area contributed by atoms with Crippen molar-refractivity contribution >= 4 is 11.0 Å². The van der Waals surface area contributed by atoms with Crippen LogP contribution in [-0.2, 0) is 0 Å². The number of H-pyrrole nitrogens is 1. The molecule has 1 aromatic heterocycles. The monoisotopic (exact) mass is 272 g/mol. The van der Waals surface area contributed by atoms with Gasteiger partial charge < -0.3 is 10.3 Å². The number of nitrogens with zero attached hydrogens (tertiary/aromatic N) is 2. The molecule has 4 nitrogen and oxygen atoms in total. The number of hydrogen-bond acceptors (Lipinski definition) is 3. The van der Waals surface area contributed by atoms with E-state index in [0.717, 1.165) is 43.0 Å². The van der Waals surface area contributed by atoms with E-state index in [9.17, 15) is 0 Å². The van der Waals surface area contributed by atoms with Gasteiger partial charge in [-0.25, -0.2) is 4.98 Å². The highest BCUT2D eigenvalue weighted by Gasteiger charge is 2.26. The van der Waals surface area contributed by atoms with E-state index in [-0.39, 0.29) is 0 Å². The fourth-order valence-corrected chi connectivity index (χ4v) is 3.17. The van der Waals surface area contributed by atoms with E-state index in [1.54, 1.807) is 0 Å². The minimum Gasteiger partial charge on any atom is -0.341 e. The van der Waals surface area contributed by atoms with Crippen molar-refractivity contribution in [2.24, 2.45) is 5.92 Å². The molecule has 4 heteroatoms. The predicted octanol–water partition coefficient (Wildman–Crippen LogP) is 2.56. The Morgan fingerprint density at radius 3 is 2.80 bits per heavy atom. The maximum absolute atomic E-state index is 4.82. The van der Waals surface area contributed by atoms with E-state index < -0.39 is 0 Å². The van der Waals surface area contributed by atoms with Gasteiger partial charge in [0.25, 0.3) is 0 Å². The van der Waals surface area contributed by atoms with Gasteiger partial charge in [0.1, 0.15) is 5.82 Å². The second kappa shape index (κ2) is 5.94. The SMILES string of the molecule is CC(C)C(c1nc2ccccc2[nH]1)N1CCCNCC1. The van der Waals surface area contributed by atoms with Crippen molar-refractivity contribution < 1.29 is 0 Å². The van der Waals surface area contributed by atoms with Gasteiger partial charge in [0.2, 0.25) is 0 Å². The topological polar surface area (TPSA) is 44.0 Å². The number of aromatic amines is 1. The van der Waals surface area contributed by atoms with Crippen LogP contribution in [0.25, 0.3) is 11.0 Å². The Bertz CT molecular complexity index is 519. The molecule has 0 spiro atoms. The number of para-hydroxylation sites is 2. The molecule has 0 radical (unpaired) electrons. The first-order valence-corrected chi connectivity index (χ1v) is 7.65. The first-order valence-electron chi connectivity index (χ1n) is 7.65. The quantitative estimate of drug-likeness (QED) is 0.902. The van der Waals surface area contributed by atoms with E-state index in [0.29, 0.717) is 12.0 Å². The number of fused-ring (bicyclic) bond motifs is 1. The number of hydrogen-bond donors (Lipinski definition) is 2.